The maximum Gasteiger partial charge on any atom is 0.224 e. The molecule has 1 amide bonds. The number of benzene rings is 2. The molecule has 0 saturated carbocycles. The van der Waals surface area contributed by atoms with Gasteiger partial charge in [-0.15, -0.1) is 0 Å². The Hall–Kier alpha value is -2.20. The van der Waals surface area contributed by atoms with Gasteiger partial charge in [0, 0.05) is 34.9 Å². The molecule has 3 rings (SSSR count). The minimum Gasteiger partial charge on any atom is -0.497 e. The molecule has 4 nitrogen and oxygen atoms in total. The number of carbonyl (C=O) groups is 1. The first-order chi connectivity index (χ1) is 11.5. The SMILES string of the molecule is COc1ccc2c(c1)[C@@H](Nc1ccc(Cl)cc1)C[C@@H](C)N2C(C)=O. The minimum atomic E-state index is 0.0545. The highest BCUT2D eigenvalue weighted by atomic mass is 35.5. The smallest absolute Gasteiger partial charge is 0.224 e. The maximum atomic E-state index is 12.1. The summed E-state index contributed by atoms with van der Waals surface area (Å²) in [5.41, 5.74) is 3.01. The van der Waals surface area contributed by atoms with Crippen molar-refractivity contribution >= 4 is 28.9 Å². The lowest BCUT2D eigenvalue weighted by Crippen LogP contribution is -2.43. The molecule has 24 heavy (non-hydrogen) atoms. The Kier molecular flexibility index (Phi) is 4.67. The molecule has 126 valence electrons. The quantitative estimate of drug-likeness (QED) is 0.881. The van der Waals surface area contributed by atoms with Gasteiger partial charge in [-0.25, -0.2) is 0 Å². The molecule has 0 aliphatic carbocycles. The Morgan fingerprint density at radius 2 is 1.96 bits per heavy atom. The number of fused-ring (bicyclic) bond motifs is 1. The van der Waals surface area contributed by atoms with Crippen LogP contribution in [0.25, 0.3) is 0 Å². The Labute approximate surface area is 147 Å². The van der Waals surface area contributed by atoms with E-state index < -0.39 is 0 Å². The van der Waals surface area contributed by atoms with Crippen LogP contribution in [0.15, 0.2) is 42.5 Å². The van der Waals surface area contributed by atoms with Crippen molar-refractivity contribution in [3.8, 4) is 5.75 Å². The zero-order valence-electron chi connectivity index (χ0n) is 14.0. The van der Waals surface area contributed by atoms with Gasteiger partial charge in [-0.2, -0.15) is 0 Å². The lowest BCUT2D eigenvalue weighted by molar-refractivity contribution is -0.117. The van der Waals surface area contributed by atoms with Crippen LogP contribution >= 0.6 is 11.6 Å². The van der Waals surface area contributed by atoms with Gasteiger partial charge in [0.2, 0.25) is 5.91 Å². The summed E-state index contributed by atoms with van der Waals surface area (Å²) >= 11 is 5.96. The Balaban J connectivity index is 1.99. The van der Waals surface area contributed by atoms with Crippen molar-refractivity contribution < 1.29 is 9.53 Å². The number of amides is 1. The van der Waals surface area contributed by atoms with Crippen molar-refractivity contribution in [1.29, 1.82) is 0 Å². The molecule has 1 aliphatic heterocycles. The third-order valence-electron chi connectivity index (χ3n) is 4.41. The van der Waals surface area contributed by atoms with Crippen LogP contribution in [0.1, 0.15) is 31.9 Å². The molecular weight excluding hydrogens is 324 g/mol. The lowest BCUT2D eigenvalue weighted by atomic mass is 9.91. The molecule has 0 spiro atoms. The van der Waals surface area contributed by atoms with E-state index in [1.54, 1.807) is 14.0 Å². The third kappa shape index (κ3) is 3.20. The highest BCUT2D eigenvalue weighted by Gasteiger charge is 2.32. The average molecular weight is 345 g/mol. The summed E-state index contributed by atoms with van der Waals surface area (Å²) in [6.45, 7) is 3.68. The number of hydrogen-bond donors (Lipinski definition) is 1. The van der Waals surface area contributed by atoms with Crippen molar-refractivity contribution in [2.24, 2.45) is 0 Å². The van der Waals surface area contributed by atoms with E-state index in [9.17, 15) is 4.79 Å². The summed E-state index contributed by atoms with van der Waals surface area (Å²) in [4.78, 5) is 13.9. The van der Waals surface area contributed by atoms with Crippen molar-refractivity contribution in [3.63, 3.8) is 0 Å². The second-order valence-corrected chi connectivity index (χ2v) is 6.54. The molecule has 5 heteroatoms. The molecule has 2 aromatic rings. The van der Waals surface area contributed by atoms with Gasteiger partial charge in [-0.05, 0) is 55.8 Å². The molecule has 0 aromatic heterocycles. The summed E-state index contributed by atoms with van der Waals surface area (Å²) in [7, 11) is 1.65. The molecule has 1 heterocycles. The number of halogens is 1. The van der Waals surface area contributed by atoms with Crippen LogP contribution in [0.3, 0.4) is 0 Å². The number of carbonyl (C=O) groups excluding carboxylic acids is 1. The van der Waals surface area contributed by atoms with Gasteiger partial charge < -0.3 is 15.0 Å². The first-order valence-electron chi connectivity index (χ1n) is 7.99. The number of nitrogens with one attached hydrogen (secondary N) is 1. The van der Waals surface area contributed by atoms with E-state index in [2.05, 4.69) is 12.2 Å². The Bertz CT molecular complexity index is 746. The second-order valence-electron chi connectivity index (χ2n) is 6.10. The molecule has 2 atom stereocenters. The fraction of sp³-hybridized carbons (Fsp3) is 0.316. The predicted octanol–water partition coefficient (Wildman–Crippen LogP) is 4.65. The topological polar surface area (TPSA) is 41.6 Å². The van der Waals surface area contributed by atoms with E-state index in [1.165, 1.54) is 0 Å². The molecule has 0 saturated heterocycles. The highest BCUT2D eigenvalue weighted by Crippen LogP contribution is 2.40. The monoisotopic (exact) mass is 344 g/mol. The molecular formula is C19H21ClN2O2. The number of rotatable bonds is 3. The summed E-state index contributed by atoms with van der Waals surface area (Å²) in [5.74, 6) is 0.841. The largest absolute Gasteiger partial charge is 0.497 e. The van der Waals surface area contributed by atoms with E-state index in [-0.39, 0.29) is 18.0 Å². The zero-order valence-corrected chi connectivity index (χ0v) is 14.8. The maximum absolute atomic E-state index is 12.1. The normalized spacial score (nSPS) is 19.6. The van der Waals surface area contributed by atoms with Crippen LogP contribution < -0.4 is 15.0 Å². The van der Waals surface area contributed by atoms with Gasteiger partial charge in [-0.1, -0.05) is 11.6 Å². The van der Waals surface area contributed by atoms with Crippen LogP contribution in [0.2, 0.25) is 5.02 Å². The number of anilines is 2. The molecule has 0 unspecified atom stereocenters. The van der Waals surface area contributed by atoms with Gasteiger partial charge in [0.25, 0.3) is 0 Å². The average Bonchev–Trinajstić information content (AvgIpc) is 2.56. The van der Waals surface area contributed by atoms with Crippen LogP contribution in [0.4, 0.5) is 11.4 Å². The summed E-state index contributed by atoms with van der Waals surface area (Å²) in [6, 6.07) is 13.7. The van der Waals surface area contributed by atoms with Crippen molar-refractivity contribution in [3.05, 3.63) is 53.1 Å². The van der Waals surface area contributed by atoms with E-state index in [4.69, 9.17) is 16.3 Å². The Morgan fingerprint density at radius 1 is 1.25 bits per heavy atom. The van der Waals surface area contributed by atoms with E-state index in [1.807, 2.05) is 47.4 Å². The first kappa shape index (κ1) is 16.7. The van der Waals surface area contributed by atoms with Gasteiger partial charge >= 0.3 is 0 Å². The number of nitrogens with zero attached hydrogens (tertiary/aromatic N) is 1. The van der Waals surface area contributed by atoms with E-state index >= 15 is 0 Å². The van der Waals surface area contributed by atoms with Gasteiger partial charge in [0.05, 0.1) is 13.2 Å². The van der Waals surface area contributed by atoms with Crippen LogP contribution in [0.5, 0.6) is 5.75 Å². The lowest BCUT2D eigenvalue weighted by Gasteiger charge is -2.39. The van der Waals surface area contributed by atoms with Crippen LogP contribution in [0, 0.1) is 0 Å². The predicted molar refractivity (Wildman–Crippen MR) is 98.0 cm³/mol. The summed E-state index contributed by atoms with van der Waals surface area (Å²) in [6.07, 6.45) is 0.822. The zero-order chi connectivity index (χ0) is 17.3. The fourth-order valence-electron chi connectivity index (χ4n) is 3.33. The van der Waals surface area contributed by atoms with Gasteiger partial charge in [-0.3, -0.25) is 4.79 Å². The third-order valence-corrected chi connectivity index (χ3v) is 4.66. The molecule has 0 radical (unpaired) electrons. The van der Waals surface area contributed by atoms with Gasteiger partial charge in [0.15, 0.2) is 0 Å². The standard InChI is InChI=1S/C19H21ClN2O2/c1-12-10-18(21-15-6-4-14(20)5-7-15)17-11-16(24-3)8-9-19(17)22(12)13(2)23/h4-9,11-12,18,21H,10H2,1-3H3/t12-,18+/m1/s1. The number of hydrogen-bond acceptors (Lipinski definition) is 3. The Morgan fingerprint density at radius 3 is 2.58 bits per heavy atom. The van der Waals surface area contributed by atoms with Crippen LogP contribution in [-0.4, -0.2) is 19.1 Å². The second kappa shape index (κ2) is 6.73. The first-order valence-corrected chi connectivity index (χ1v) is 8.37. The molecule has 1 aliphatic rings. The minimum absolute atomic E-state index is 0.0545. The number of ether oxygens (including phenoxy) is 1. The van der Waals surface area contributed by atoms with E-state index in [0.29, 0.717) is 5.02 Å². The van der Waals surface area contributed by atoms with Crippen molar-refractivity contribution in [2.75, 3.05) is 17.3 Å². The number of methoxy groups -OCH3 is 1. The fourth-order valence-corrected chi connectivity index (χ4v) is 3.46. The van der Waals surface area contributed by atoms with Crippen molar-refractivity contribution in [2.45, 2.75) is 32.4 Å². The summed E-state index contributed by atoms with van der Waals surface area (Å²) in [5, 5.41) is 4.26. The molecule has 1 N–H and O–H groups in total. The van der Waals surface area contributed by atoms with Gasteiger partial charge in [0.1, 0.15) is 5.75 Å². The molecule has 0 bridgehead atoms. The molecule has 0 fully saturated rings. The molecule has 2 aromatic carbocycles. The van der Waals surface area contributed by atoms with Crippen LogP contribution in [-0.2, 0) is 4.79 Å². The van der Waals surface area contributed by atoms with Crippen molar-refractivity contribution in [1.82, 2.24) is 0 Å². The highest BCUT2D eigenvalue weighted by molar-refractivity contribution is 6.30. The van der Waals surface area contributed by atoms with E-state index in [0.717, 1.165) is 29.1 Å². The summed E-state index contributed by atoms with van der Waals surface area (Å²) < 4.78 is 5.37.